The van der Waals surface area contributed by atoms with Crippen LogP contribution in [0.3, 0.4) is 0 Å². The number of aliphatic carboxylic acids is 1. The Kier molecular flexibility index (Phi) is 3.48. The molecule has 0 aromatic heterocycles. The standard InChI is InChI=1S/C14H22N2O3/c17-13(15-8-2-1-3-9-15)11-6-7-12(14(18)19)16(11)10-4-5-10/h10-12H,1-9H2,(H,18,19). The molecule has 2 heterocycles. The highest BCUT2D eigenvalue weighted by molar-refractivity contribution is 5.84. The Morgan fingerprint density at radius 3 is 2.11 bits per heavy atom. The highest BCUT2D eigenvalue weighted by atomic mass is 16.4. The van der Waals surface area contributed by atoms with Crippen LogP contribution in [0, 0.1) is 0 Å². The fourth-order valence-electron chi connectivity index (χ4n) is 3.54. The summed E-state index contributed by atoms with van der Waals surface area (Å²) in [7, 11) is 0. The van der Waals surface area contributed by atoms with Gasteiger partial charge in [0.2, 0.25) is 5.91 Å². The maximum absolute atomic E-state index is 12.6. The summed E-state index contributed by atoms with van der Waals surface area (Å²) in [4.78, 5) is 27.9. The molecule has 2 unspecified atom stereocenters. The number of hydrogen-bond acceptors (Lipinski definition) is 3. The van der Waals surface area contributed by atoms with Gasteiger partial charge in [0.1, 0.15) is 6.04 Å². The van der Waals surface area contributed by atoms with Gasteiger partial charge in [0.05, 0.1) is 6.04 Å². The first kappa shape index (κ1) is 12.9. The lowest BCUT2D eigenvalue weighted by Gasteiger charge is -2.33. The number of carbonyl (C=O) groups is 2. The predicted octanol–water partition coefficient (Wildman–Crippen LogP) is 1.08. The second-order valence-corrected chi connectivity index (χ2v) is 6.01. The Morgan fingerprint density at radius 2 is 1.53 bits per heavy atom. The van der Waals surface area contributed by atoms with Gasteiger partial charge in [-0.1, -0.05) is 0 Å². The minimum Gasteiger partial charge on any atom is -0.480 e. The lowest BCUT2D eigenvalue weighted by Crippen LogP contribution is -2.51. The molecule has 3 fully saturated rings. The summed E-state index contributed by atoms with van der Waals surface area (Å²) in [5.41, 5.74) is 0. The average molecular weight is 266 g/mol. The number of hydrogen-bond donors (Lipinski definition) is 1. The zero-order valence-electron chi connectivity index (χ0n) is 11.3. The Labute approximate surface area is 113 Å². The van der Waals surface area contributed by atoms with Crippen LogP contribution in [0.2, 0.25) is 0 Å². The summed E-state index contributed by atoms with van der Waals surface area (Å²) in [5, 5.41) is 9.30. The minimum absolute atomic E-state index is 0.174. The molecule has 3 rings (SSSR count). The van der Waals surface area contributed by atoms with Crippen LogP contribution in [0.1, 0.15) is 44.9 Å². The molecule has 3 aliphatic rings. The molecular formula is C14H22N2O3. The number of amides is 1. The average Bonchev–Trinajstić information content (AvgIpc) is 3.17. The second kappa shape index (κ2) is 5.12. The Morgan fingerprint density at radius 1 is 0.895 bits per heavy atom. The normalized spacial score (nSPS) is 32.5. The van der Waals surface area contributed by atoms with Gasteiger partial charge in [-0.3, -0.25) is 14.5 Å². The van der Waals surface area contributed by atoms with Crippen molar-refractivity contribution in [3.8, 4) is 0 Å². The highest BCUT2D eigenvalue weighted by Crippen LogP contribution is 2.38. The first-order chi connectivity index (χ1) is 9.18. The van der Waals surface area contributed by atoms with Gasteiger partial charge < -0.3 is 10.0 Å². The SMILES string of the molecule is O=C(O)C1CCC(C(=O)N2CCCCC2)N1C1CC1. The molecule has 19 heavy (non-hydrogen) atoms. The van der Waals surface area contributed by atoms with E-state index in [9.17, 15) is 14.7 Å². The zero-order chi connectivity index (χ0) is 13.4. The van der Waals surface area contributed by atoms with Gasteiger partial charge in [0, 0.05) is 19.1 Å². The molecule has 2 atom stereocenters. The van der Waals surface area contributed by atoms with Gasteiger partial charge in [0.15, 0.2) is 0 Å². The fourth-order valence-corrected chi connectivity index (χ4v) is 3.54. The van der Waals surface area contributed by atoms with E-state index in [0.29, 0.717) is 18.9 Å². The second-order valence-electron chi connectivity index (χ2n) is 6.01. The van der Waals surface area contributed by atoms with E-state index in [4.69, 9.17) is 0 Å². The molecule has 0 spiro atoms. The maximum atomic E-state index is 12.6. The van der Waals surface area contributed by atoms with Crippen molar-refractivity contribution in [3.63, 3.8) is 0 Å². The van der Waals surface area contributed by atoms with E-state index >= 15 is 0 Å². The van der Waals surface area contributed by atoms with Crippen molar-refractivity contribution in [2.24, 2.45) is 0 Å². The molecule has 1 saturated carbocycles. The van der Waals surface area contributed by atoms with Crippen LogP contribution in [0.15, 0.2) is 0 Å². The van der Waals surface area contributed by atoms with E-state index in [1.54, 1.807) is 0 Å². The van der Waals surface area contributed by atoms with E-state index < -0.39 is 12.0 Å². The number of carbonyl (C=O) groups excluding carboxylic acids is 1. The number of rotatable bonds is 3. The number of likely N-dealkylation sites (tertiary alicyclic amines) is 2. The third-order valence-electron chi connectivity index (χ3n) is 4.64. The molecule has 5 heteroatoms. The van der Waals surface area contributed by atoms with Crippen LogP contribution in [0.25, 0.3) is 0 Å². The van der Waals surface area contributed by atoms with Crippen molar-refractivity contribution in [2.75, 3.05) is 13.1 Å². The Hall–Kier alpha value is -1.10. The summed E-state index contributed by atoms with van der Waals surface area (Å²) in [5.74, 6) is -0.587. The number of carboxylic acid groups (broad SMARTS) is 1. The van der Waals surface area contributed by atoms with Crippen LogP contribution in [0.5, 0.6) is 0 Å². The summed E-state index contributed by atoms with van der Waals surface area (Å²) in [6.45, 7) is 1.71. The van der Waals surface area contributed by atoms with Crippen molar-refractivity contribution < 1.29 is 14.7 Å². The first-order valence-corrected chi connectivity index (χ1v) is 7.47. The van der Waals surface area contributed by atoms with Gasteiger partial charge in [-0.05, 0) is 44.9 Å². The predicted molar refractivity (Wildman–Crippen MR) is 69.7 cm³/mol. The third-order valence-corrected chi connectivity index (χ3v) is 4.64. The van der Waals surface area contributed by atoms with Crippen LogP contribution in [0.4, 0.5) is 0 Å². The fraction of sp³-hybridized carbons (Fsp3) is 0.857. The Bertz CT molecular complexity index is 375. The van der Waals surface area contributed by atoms with Crippen LogP contribution in [-0.2, 0) is 9.59 Å². The monoisotopic (exact) mass is 266 g/mol. The Balaban J connectivity index is 1.72. The van der Waals surface area contributed by atoms with E-state index in [1.807, 2.05) is 9.80 Å². The molecule has 5 nitrogen and oxygen atoms in total. The van der Waals surface area contributed by atoms with E-state index in [1.165, 1.54) is 6.42 Å². The van der Waals surface area contributed by atoms with Crippen molar-refractivity contribution in [3.05, 3.63) is 0 Å². The smallest absolute Gasteiger partial charge is 0.320 e. The summed E-state index contributed by atoms with van der Waals surface area (Å²) < 4.78 is 0. The van der Waals surface area contributed by atoms with Gasteiger partial charge in [0.25, 0.3) is 0 Å². The number of nitrogens with zero attached hydrogens (tertiary/aromatic N) is 2. The van der Waals surface area contributed by atoms with Gasteiger partial charge in [-0.2, -0.15) is 0 Å². The van der Waals surface area contributed by atoms with Crippen molar-refractivity contribution in [1.82, 2.24) is 9.80 Å². The van der Waals surface area contributed by atoms with E-state index in [-0.39, 0.29) is 11.9 Å². The molecule has 1 aliphatic carbocycles. The van der Waals surface area contributed by atoms with Crippen molar-refractivity contribution >= 4 is 11.9 Å². The third kappa shape index (κ3) is 2.48. The molecule has 2 aliphatic heterocycles. The summed E-state index contributed by atoms with van der Waals surface area (Å²) >= 11 is 0. The van der Waals surface area contributed by atoms with Gasteiger partial charge >= 0.3 is 5.97 Å². The van der Waals surface area contributed by atoms with Crippen molar-refractivity contribution in [2.45, 2.75) is 63.1 Å². The van der Waals surface area contributed by atoms with E-state index in [0.717, 1.165) is 38.8 Å². The molecule has 1 amide bonds. The number of carboxylic acids is 1. The summed E-state index contributed by atoms with van der Waals surface area (Å²) in [6.07, 6.45) is 6.81. The summed E-state index contributed by atoms with van der Waals surface area (Å²) in [6, 6.07) is -0.278. The van der Waals surface area contributed by atoms with Crippen LogP contribution >= 0.6 is 0 Å². The molecule has 1 N–H and O–H groups in total. The highest BCUT2D eigenvalue weighted by Gasteiger charge is 2.49. The van der Waals surface area contributed by atoms with Gasteiger partial charge in [-0.25, -0.2) is 0 Å². The first-order valence-electron chi connectivity index (χ1n) is 7.47. The molecule has 106 valence electrons. The molecule has 0 radical (unpaired) electrons. The van der Waals surface area contributed by atoms with Crippen molar-refractivity contribution in [1.29, 1.82) is 0 Å². The molecule has 2 saturated heterocycles. The molecule has 0 bridgehead atoms. The molecular weight excluding hydrogens is 244 g/mol. The quantitative estimate of drug-likeness (QED) is 0.830. The van der Waals surface area contributed by atoms with Gasteiger partial charge in [-0.15, -0.1) is 0 Å². The van der Waals surface area contributed by atoms with Crippen LogP contribution in [-0.4, -0.2) is 58.0 Å². The molecule has 0 aromatic rings. The minimum atomic E-state index is -0.763. The largest absolute Gasteiger partial charge is 0.480 e. The van der Waals surface area contributed by atoms with Crippen LogP contribution < -0.4 is 0 Å². The zero-order valence-corrected chi connectivity index (χ0v) is 11.3. The number of piperidine rings is 1. The topological polar surface area (TPSA) is 60.9 Å². The molecule has 0 aromatic carbocycles. The van der Waals surface area contributed by atoms with E-state index in [2.05, 4.69) is 0 Å². The lowest BCUT2D eigenvalue weighted by atomic mass is 10.1. The lowest BCUT2D eigenvalue weighted by molar-refractivity contribution is -0.145. The maximum Gasteiger partial charge on any atom is 0.320 e.